The number of amides is 1. The van der Waals surface area contributed by atoms with Crippen molar-refractivity contribution in [2.75, 3.05) is 5.32 Å². The van der Waals surface area contributed by atoms with Crippen LogP contribution in [0.15, 0.2) is 45.9 Å². The predicted octanol–water partition coefficient (Wildman–Crippen LogP) is 3.33. The Labute approximate surface area is 161 Å². The fourth-order valence-electron chi connectivity index (χ4n) is 2.84. The van der Waals surface area contributed by atoms with Crippen LogP contribution in [0.25, 0.3) is 5.57 Å². The lowest BCUT2D eigenvalue weighted by atomic mass is 10.1. The van der Waals surface area contributed by atoms with E-state index in [1.165, 1.54) is 11.3 Å². The molecule has 0 fully saturated rings. The Hall–Kier alpha value is -2.51. The molecule has 0 aliphatic carbocycles. The zero-order chi connectivity index (χ0) is 18.4. The third kappa shape index (κ3) is 2.83. The van der Waals surface area contributed by atoms with Crippen molar-refractivity contribution in [2.24, 2.45) is 4.99 Å². The van der Waals surface area contributed by atoms with Gasteiger partial charge in [-0.25, -0.2) is 4.99 Å². The molecule has 7 heteroatoms. The number of fused-ring (bicyclic) bond motifs is 1. The minimum atomic E-state index is -0.365. The SMILES string of the molecule is Cc1cccc(Nc2nc(O)c(C3=c4cc(Br)ccc4=NC3=O)s2)c1C. The van der Waals surface area contributed by atoms with E-state index in [1.54, 1.807) is 6.07 Å². The van der Waals surface area contributed by atoms with Crippen LogP contribution < -0.4 is 15.9 Å². The number of hydrogen-bond donors (Lipinski definition) is 2. The molecule has 3 aromatic rings. The van der Waals surface area contributed by atoms with Crippen molar-refractivity contribution in [3.8, 4) is 5.88 Å². The maximum absolute atomic E-state index is 12.4. The van der Waals surface area contributed by atoms with Gasteiger partial charge in [-0.15, -0.1) is 0 Å². The molecular formula is C19H14BrN3O2S. The number of thiazole rings is 1. The van der Waals surface area contributed by atoms with E-state index in [1.807, 2.05) is 44.2 Å². The smallest absolute Gasteiger partial charge is 0.279 e. The second-order valence-electron chi connectivity index (χ2n) is 6.00. The molecule has 1 aromatic heterocycles. The fraction of sp³-hybridized carbons (Fsp3) is 0.105. The lowest BCUT2D eigenvalue weighted by Crippen LogP contribution is -2.22. The highest BCUT2D eigenvalue weighted by Crippen LogP contribution is 2.36. The van der Waals surface area contributed by atoms with Gasteiger partial charge in [0.05, 0.1) is 10.9 Å². The van der Waals surface area contributed by atoms with Gasteiger partial charge in [-0.1, -0.05) is 39.4 Å². The van der Waals surface area contributed by atoms with Crippen molar-refractivity contribution in [3.63, 3.8) is 0 Å². The molecule has 0 atom stereocenters. The molecule has 0 spiro atoms. The number of hydrogen-bond acceptors (Lipinski definition) is 5. The van der Waals surface area contributed by atoms with Crippen LogP contribution in [0, 0.1) is 13.8 Å². The minimum Gasteiger partial charge on any atom is -0.492 e. The van der Waals surface area contributed by atoms with Crippen molar-refractivity contribution in [3.05, 3.63) is 67.5 Å². The summed E-state index contributed by atoms with van der Waals surface area (Å²) < 4.78 is 0.844. The summed E-state index contributed by atoms with van der Waals surface area (Å²) in [6.07, 6.45) is 0. The number of carbonyl (C=O) groups is 1. The average Bonchev–Trinajstić information content (AvgIpc) is 3.10. The highest BCUT2D eigenvalue weighted by molar-refractivity contribution is 9.10. The molecule has 1 aliphatic heterocycles. The van der Waals surface area contributed by atoms with E-state index >= 15 is 0 Å². The number of benzene rings is 2. The van der Waals surface area contributed by atoms with E-state index < -0.39 is 0 Å². The van der Waals surface area contributed by atoms with Crippen molar-refractivity contribution in [1.29, 1.82) is 0 Å². The Morgan fingerprint density at radius 1 is 1.19 bits per heavy atom. The molecule has 1 aliphatic rings. The number of nitrogens with zero attached hydrogens (tertiary/aromatic N) is 2. The molecule has 0 saturated heterocycles. The third-order valence-corrected chi connectivity index (χ3v) is 5.82. The second-order valence-corrected chi connectivity index (χ2v) is 7.91. The topological polar surface area (TPSA) is 74.6 Å². The summed E-state index contributed by atoms with van der Waals surface area (Å²) in [6.45, 7) is 4.06. The second kappa shape index (κ2) is 6.34. The van der Waals surface area contributed by atoms with Crippen molar-refractivity contribution in [1.82, 2.24) is 4.98 Å². The summed E-state index contributed by atoms with van der Waals surface area (Å²) in [7, 11) is 0. The molecule has 26 heavy (non-hydrogen) atoms. The minimum absolute atomic E-state index is 0.172. The number of halogens is 1. The Kier molecular flexibility index (Phi) is 4.13. The predicted molar refractivity (Wildman–Crippen MR) is 105 cm³/mol. The maximum Gasteiger partial charge on any atom is 0.279 e. The fourth-order valence-corrected chi connectivity index (χ4v) is 4.12. The summed E-state index contributed by atoms with van der Waals surface area (Å²) in [5.74, 6) is -0.537. The molecule has 2 N–H and O–H groups in total. The molecule has 130 valence electrons. The molecule has 0 radical (unpaired) electrons. The van der Waals surface area contributed by atoms with E-state index in [0.717, 1.165) is 21.3 Å². The summed E-state index contributed by atoms with van der Waals surface area (Å²) >= 11 is 4.65. The van der Waals surface area contributed by atoms with Gasteiger partial charge < -0.3 is 10.4 Å². The van der Waals surface area contributed by atoms with Crippen LogP contribution in [0.1, 0.15) is 16.0 Å². The van der Waals surface area contributed by atoms with Gasteiger partial charge in [0, 0.05) is 15.4 Å². The number of anilines is 2. The van der Waals surface area contributed by atoms with Gasteiger partial charge in [0.1, 0.15) is 4.88 Å². The number of carbonyl (C=O) groups excluding carboxylic acids is 1. The zero-order valence-electron chi connectivity index (χ0n) is 14.0. The largest absolute Gasteiger partial charge is 0.492 e. The monoisotopic (exact) mass is 427 g/mol. The molecule has 0 bridgehead atoms. The summed E-state index contributed by atoms with van der Waals surface area (Å²) in [6, 6.07) is 11.4. The molecule has 2 heterocycles. The normalized spacial score (nSPS) is 12.9. The Morgan fingerprint density at radius 2 is 2.00 bits per heavy atom. The average molecular weight is 428 g/mol. The van der Waals surface area contributed by atoms with Crippen LogP contribution in [0.4, 0.5) is 10.8 Å². The van der Waals surface area contributed by atoms with Gasteiger partial charge in [0.25, 0.3) is 5.91 Å². The number of nitrogens with one attached hydrogen (secondary N) is 1. The molecule has 1 amide bonds. The van der Waals surface area contributed by atoms with Crippen LogP contribution in [0.3, 0.4) is 0 Å². The van der Waals surface area contributed by atoms with Gasteiger partial charge in [-0.2, -0.15) is 4.98 Å². The van der Waals surface area contributed by atoms with Gasteiger partial charge in [0.15, 0.2) is 5.13 Å². The van der Waals surface area contributed by atoms with Crippen molar-refractivity contribution in [2.45, 2.75) is 13.8 Å². The molecule has 4 rings (SSSR count). The van der Waals surface area contributed by atoms with E-state index in [4.69, 9.17) is 0 Å². The Bertz CT molecular complexity index is 1180. The van der Waals surface area contributed by atoms with Gasteiger partial charge >= 0.3 is 0 Å². The first-order valence-corrected chi connectivity index (χ1v) is 9.51. The third-order valence-electron chi connectivity index (χ3n) is 4.35. The van der Waals surface area contributed by atoms with Crippen LogP contribution in [-0.2, 0) is 4.79 Å². The molecule has 0 saturated carbocycles. The Balaban J connectivity index is 1.81. The zero-order valence-corrected chi connectivity index (χ0v) is 16.4. The van der Waals surface area contributed by atoms with Crippen LogP contribution in [0.2, 0.25) is 0 Å². The maximum atomic E-state index is 12.4. The number of aromatic nitrogens is 1. The highest BCUT2D eigenvalue weighted by Gasteiger charge is 2.25. The number of aromatic hydroxyl groups is 1. The van der Waals surface area contributed by atoms with Gasteiger partial charge in [-0.05, 0) is 49.2 Å². The molecule has 0 unspecified atom stereocenters. The van der Waals surface area contributed by atoms with E-state index in [-0.39, 0.29) is 11.8 Å². The quantitative estimate of drug-likeness (QED) is 0.671. The molecule has 2 aromatic carbocycles. The number of aryl methyl sites for hydroxylation is 1. The van der Waals surface area contributed by atoms with E-state index in [9.17, 15) is 9.90 Å². The lowest BCUT2D eigenvalue weighted by Gasteiger charge is -2.08. The van der Waals surface area contributed by atoms with Crippen LogP contribution in [0.5, 0.6) is 5.88 Å². The first-order valence-electron chi connectivity index (χ1n) is 7.90. The van der Waals surface area contributed by atoms with Crippen molar-refractivity contribution >= 4 is 49.6 Å². The first-order chi connectivity index (χ1) is 12.4. The standard InChI is InChI=1S/C19H14BrN3O2S/c1-9-4-3-5-13(10(9)2)22-19-23-18(25)16(26-19)15-12-8-11(20)6-7-14(12)21-17(15)24/h3-8,25H,1-2H3,(H,22,23). The summed E-state index contributed by atoms with van der Waals surface area (Å²) in [4.78, 5) is 21.1. The summed E-state index contributed by atoms with van der Waals surface area (Å²) in [5, 5.41) is 15.4. The van der Waals surface area contributed by atoms with E-state index in [0.29, 0.717) is 26.2 Å². The van der Waals surface area contributed by atoms with Gasteiger partial charge in [0.2, 0.25) is 5.88 Å². The van der Waals surface area contributed by atoms with E-state index in [2.05, 4.69) is 31.2 Å². The highest BCUT2D eigenvalue weighted by atomic mass is 79.9. The van der Waals surface area contributed by atoms with Crippen molar-refractivity contribution < 1.29 is 9.90 Å². The Morgan fingerprint density at radius 3 is 2.81 bits per heavy atom. The molecular weight excluding hydrogens is 414 g/mol. The van der Waals surface area contributed by atoms with Crippen LogP contribution in [-0.4, -0.2) is 16.0 Å². The molecule has 5 nitrogen and oxygen atoms in total. The van der Waals surface area contributed by atoms with Crippen LogP contribution >= 0.6 is 27.3 Å². The summed E-state index contributed by atoms with van der Waals surface area (Å²) in [5.41, 5.74) is 3.57. The first kappa shape index (κ1) is 16.9. The number of rotatable bonds is 3. The van der Waals surface area contributed by atoms with Gasteiger partial charge in [-0.3, -0.25) is 4.79 Å². The lowest BCUT2D eigenvalue weighted by molar-refractivity contribution is -0.112.